The van der Waals surface area contributed by atoms with Crippen molar-refractivity contribution in [2.45, 2.75) is 44.6 Å². The van der Waals surface area contributed by atoms with Gasteiger partial charge < -0.3 is 24.3 Å². The molecule has 2 heterocycles. The van der Waals surface area contributed by atoms with Gasteiger partial charge in [-0.2, -0.15) is 0 Å². The highest BCUT2D eigenvalue weighted by Gasteiger charge is 2.31. The fourth-order valence-corrected chi connectivity index (χ4v) is 5.65. The zero-order valence-electron chi connectivity index (χ0n) is 20.0. The first-order valence-electron chi connectivity index (χ1n) is 12.0. The first kappa shape index (κ1) is 23.2. The van der Waals surface area contributed by atoms with Crippen LogP contribution in [0.5, 0.6) is 11.5 Å². The van der Waals surface area contributed by atoms with Crippen LogP contribution in [0.4, 0.5) is 0 Å². The number of aromatic nitrogens is 1. The van der Waals surface area contributed by atoms with Gasteiger partial charge in [0.1, 0.15) is 6.61 Å². The van der Waals surface area contributed by atoms with Gasteiger partial charge in [-0.3, -0.25) is 4.79 Å². The maximum atomic E-state index is 12.3. The summed E-state index contributed by atoms with van der Waals surface area (Å²) in [4.78, 5) is 24.6. The number of aliphatic hydroxyl groups is 1. The van der Waals surface area contributed by atoms with Crippen molar-refractivity contribution in [3.63, 3.8) is 0 Å². The third kappa shape index (κ3) is 3.90. The predicted molar refractivity (Wildman–Crippen MR) is 133 cm³/mol. The van der Waals surface area contributed by atoms with Gasteiger partial charge in [-0.1, -0.05) is 31.4 Å². The molecule has 0 radical (unpaired) electrons. The maximum absolute atomic E-state index is 12.3. The maximum Gasteiger partial charge on any atom is 0.333 e. The summed E-state index contributed by atoms with van der Waals surface area (Å²) in [7, 11) is 3.15. The second-order valence-electron chi connectivity index (χ2n) is 9.27. The fourth-order valence-electron chi connectivity index (χ4n) is 5.65. The lowest BCUT2D eigenvalue weighted by atomic mass is 9.81. The molecule has 1 saturated carbocycles. The molecule has 0 spiro atoms. The molecule has 2 aliphatic rings. The van der Waals surface area contributed by atoms with Gasteiger partial charge >= 0.3 is 5.97 Å². The topological polar surface area (TPSA) is 98.0 Å². The molecule has 182 valence electrons. The summed E-state index contributed by atoms with van der Waals surface area (Å²) in [5.41, 5.74) is 5.24. The molecule has 1 aromatic heterocycles. The molecule has 1 aliphatic heterocycles. The normalized spacial score (nSPS) is 15.7. The minimum atomic E-state index is -0.998. The van der Waals surface area contributed by atoms with Crippen LogP contribution in [0, 0.1) is 0 Å². The third-order valence-electron chi connectivity index (χ3n) is 7.33. The predicted octanol–water partition coefficient (Wildman–Crippen LogP) is 5.03. The Morgan fingerprint density at radius 2 is 1.74 bits per heavy atom. The van der Waals surface area contributed by atoms with E-state index in [0.717, 1.165) is 53.4 Å². The van der Waals surface area contributed by atoms with E-state index in [9.17, 15) is 19.8 Å². The highest BCUT2D eigenvalue weighted by molar-refractivity contribution is 6.04. The van der Waals surface area contributed by atoms with Crippen molar-refractivity contribution in [2.24, 2.45) is 0 Å². The van der Waals surface area contributed by atoms with Crippen molar-refractivity contribution in [1.29, 1.82) is 0 Å². The molecule has 7 nitrogen and oxygen atoms in total. The second kappa shape index (κ2) is 9.23. The van der Waals surface area contributed by atoms with Crippen LogP contribution in [0.3, 0.4) is 0 Å². The molecule has 0 atom stereocenters. The quantitative estimate of drug-likeness (QED) is 0.485. The SMILES string of the molecule is COc1cc2c(cc1OC)-c1c(C3CCCCC3)c3ccc(C(=O)CO)cc3n1CC(C(=O)O)=C2. The van der Waals surface area contributed by atoms with Gasteiger partial charge in [-0.15, -0.1) is 0 Å². The number of methoxy groups -OCH3 is 2. The van der Waals surface area contributed by atoms with Crippen LogP contribution in [-0.4, -0.2) is 47.4 Å². The number of ketones is 1. The van der Waals surface area contributed by atoms with Crippen LogP contribution in [-0.2, 0) is 11.3 Å². The summed E-state index contributed by atoms with van der Waals surface area (Å²) in [6, 6.07) is 9.25. The zero-order chi connectivity index (χ0) is 24.7. The van der Waals surface area contributed by atoms with Gasteiger partial charge in [0, 0.05) is 22.0 Å². The molecule has 7 heteroatoms. The summed E-state index contributed by atoms with van der Waals surface area (Å²) in [5.74, 6) is 0.0698. The number of aliphatic hydroxyl groups excluding tert-OH is 1. The van der Waals surface area contributed by atoms with E-state index >= 15 is 0 Å². The van der Waals surface area contributed by atoms with E-state index in [-0.39, 0.29) is 17.9 Å². The van der Waals surface area contributed by atoms with Crippen LogP contribution >= 0.6 is 0 Å². The number of carboxylic acid groups (broad SMARTS) is 1. The summed E-state index contributed by atoms with van der Waals surface area (Å²) in [5, 5.41) is 20.5. The molecule has 0 unspecified atom stereocenters. The molecule has 0 amide bonds. The Morgan fingerprint density at radius 1 is 1.03 bits per heavy atom. The van der Waals surface area contributed by atoms with E-state index in [2.05, 4.69) is 0 Å². The van der Waals surface area contributed by atoms with Crippen LogP contribution in [0.25, 0.3) is 28.2 Å². The van der Waals surface area contributed by atoms with E-state index in [1.165, 1.54) is 12.0 Å². The lowest BCUT2D eigenvalue weighted by Crippen LogP contribution is -2.10. The Hall–Kier alpha value is -3.58. The Labute approximate surface area is 203 Å². The molecule has 2 aromatic carbocycles. The Morgan fingerprint density at radius 3 is 2.40 bits per heavy atom. The molecule has 2 N–H and O–H groups in total. The lowest BCUT2D eigenvalue weighted by Gasteiger charge is -2.24. The van der Waals surface area contributed by atoms with Gasteiger partial charge in [0.05, 0.1) is 32.0 Å². The summed E-state index contributed by atoms with van der Waals surface area (Å²) in [6.07, 6.45) is 7.33. The lowest BCUT2D eigenvalue weighted by molar-refractivity contribution is -0.132. The van der Waals surface area contributed by atoms with Crippen molar-refractivity contribution in [3.8, 4) is 22.8 Å². The fraction of sp³-hybridized carbons (Fsp3) is 0.357. The molecular formula is C28H29NO6. The molecule has 0 bridgehead atoms. The molecule has 35 heavy (non-hydrogen) atoms. The molecule has 0 saturated heterocycles. The monoisotopic (exact) mass is 475 g/mol. The first-order chi connectivity index (χ1) is 17.0. The number of carbonyl (C=O) groups excluding carboxylic acids is 1. The largest absolute Gasteiger partial charge is 0.493 e. The molecule has 3 aromatic rings. The molecule has 1 aliphatic carbocycles. The van der Waals surface area contributed by atoms with E-state index in [4.69, 9.17) is 9.47 Å². The van der Waals surface area contributed by atoms with Crippen molar-refractivity contribution < 1.29 is 29.3 Å². The number of fused-ring (bicyclic) bond motifs is 5. The third-order valence-corrected chi connectivity index (χ3v) is 7.33. The molecule has 1 fully saturated rings. The van der Waals surface area contributed by atoms with Gasteiger partial charge in [-0.25, -0.2) is 4.79 Å². The van der Waals surface area contributed by atoms with Crippen molar-refractivity contribution in [1.82, 2.24) is 4.57 Å². The average Bonchev–Trinajstić information content (AvgIpc) is 3.10. The van der Waals surface area contributed by atoms with Crippen LogP contribution in [0.1, 0.15) is 59.5 Å². The standard InChI is InChI=1S/C28H29NO6/c1-34-24-12-18-10-19(28(32)33)14-29-22-11-17(23(31)15-30)8-9-20(22)26(16-6-4-3-5-7-16)27(29)21(18)13-25(24)35-2/h8-13,16,30H,3-7,14-15H2,1-2H3,(H,32,33). The second-order valence-corrected chi connectivity index (χ2v) is 9.27. The van der Waals surface area contributed by atoms with E-state index in [0.29, 0.717) is 23.0 Å². The molecule has 5 rings (SSSR count). The Kier molecular flexibility index (Phi) is 6.11. The zero-order valence-corrected chi connectivity index (χ0v) is 20.0. The minimum absolute atomic E-state index is 0.157. The number of carboxylic acids is 1. The van der Waals surface area contributed by atoms with Gasteiger partial charge in [0.2, 0.25) is 0 Å². The number of nitrogens with zero attached hydrogens (tertiary/aromatic N) is 1. The summed E-state index contributed by atoms with van der Waals surface area (Å²) >= 11 is 0. The number of benzene rings is 2. The number of aliphatic carboxylic acids is 1. The number of carbonyl (C=O) groups is 2. The number of Topliss-reactive ketones (excluding diaryl/α,β-unsaturated/α-hetero) is 1. The average molecular weight is 476 g/mol. The molecular weight excluding hydrogens is 446 g/mol. The van der Waals surface area contributed by atoms with Gasteiger partial charge in [0.15, 0.2) is 17.3 Å². The number of hydrogen-bond acceptors (Lipinski definition) is 5. The summed E-state index contributed by atoms with van der Waals surface area (Å²) in [6.45, 7) is -0.418. The van der Waals surface area contributed by atoms with Crippen LogP contribution < -0.4 is 9.47 Å². The summed E-state index contributed by atoms with van der Waals surface area (Å²) < 4.78 is 13.1. The van der Waals surface area contributed by atoms with Gasteiger partial charge in [-0.05, 0) is 54.2 Å². The highest BCUT2D eigenvalue weighted by Crippen LogP contribution is 2.48. The van der Waals surface area contributed by atoms with E-state index in [1.54, 1.807) is 32.4 Å². The Balaban J connectivity index is 1.89. The van der Waals surface area contributed by atoms with Crippen molar-refractivity contribution in [3.05, 3.63) is 52.6 Å². The van der Waals surface area contributed by atoms with E-state index in [1.807, 2.05) is 22.8 Å². The number of hydrogen-bond donors (Lipinski definition) is 2. The highest BCUT2D eigenvalue weighted by atomic mass is 16.5. The Bertz CT molecular complexity index is 1360. The smallest absolute Gasteiger partial charge is 0.333 e. The number of ether oxygens (including phenoxy) is 2. The minimum Gasteiger partial charge on any atom is -0.493 e. The van der Waals surface area contributed by atoms with Crippen LogP contribution in [0.2, 0.25) is 0 Å². The van der Waals surface area contributed by atoms with Crippen molar-refractivity contribution >= 4 is 28.7 Å². The first-order valence-corrected chi connectivity index (χ1v) is 12.0. The van der Waals surface area contributed by atoms with E-state index < -0.39 is 12.6 Å². The number of rotatable bonds is 6. The van der Waals surface area contributed by atoms with Crippen molar-refractivity contribution in [2.75, 3.05) is 20.8 Å². The van der Waals surface area contributed by atoms with Crippen LogP contribution in [0.15, 0.2) is 35.9 Å². The van der Waals surface area contributed by atoms with Gasteiger partial charge in [0.25, 0.3) is 0 Å².